The molecule has 170 valence electrons. The van der Waals surface area contributed by atoms with Gasteiger partial charge in [-0.2, -0.15) is 5.26 Å². The van der Waals surface area contributed by atoms with Gasteiger partial charge in [0.1, 0.15) is 41.4 Å². The van der Waals surface area contributed by atoms with Gasteiger partial charge in [-0.05, 0) is 42.7 Å². The molecule has 1 amide bonds. The molecule has 1 spiro atoms. The molecule has 1 aliphatic carbocycles. The number of nitrogens with zero attached hydrogens (tertiary/aromatic N) is 4. The highest BCUT2D eigenvalue weighted by Gasteiger charge is 2.55. The average molecular weight is 454 g/mol. The first-order chi connectivity index (χ1) is 16.5. The van der Waals surface area contributed by atoms with Crippen LogP contribution in [0.2, 0.25) is 0 Å². The van der Waals surface area contributed by atoms with E-state index in [-0.39, 0.29) is 23.0 Å². The molecule has 1 saturated carbocycles. The fourth-order valence-electron chi connectivity index (χ4n) is 4.61. The summed E-state index contributed by atoms with van der Waals surface area (Å²) in [5.41, 5.74) is 7.69. The quantitative estimate of drug-likeness (QED) is 0.444. The molecule has 2 aliphatic rings. The largest absolute Gasteiger partial charge is 0.474 e. The predicted molar refractivity (Wildman–Crippen MR) is 126 cm³/mol. The van der Waals surface area contributed by atoms with Crippen LogP contribution in [0.25, 0.3) is 11.1 Å². The summed E-state index contributed by atoms with van der Waals surface area (Å²) < 4.78 is 12.1. The van der Waals surface area contributed by atoms with Gasteiger partial charge in [0.05, 0.1) is 5.56 Å². The molecule has 3 aromatic rings. The van der Waals surface area contributed by atoms with E-state index in [0.717, 1.165) is 24.2 Å². The first-order valence-corrected chi connectivity index (χ1v) is 11.0. The summed E-state index contributed by atoms with van der Waals surface area (Å²) in [5, 5.41) is 8.86. The summed E-state index contributed by atoms with van der Waals surface area (Å²) in [6.45, 7) is 4.74. The molecule has 8 heteroatoms. The Balaban J connectivity index is 1.24. The normalized spacial score (nSPS) is 16.1. The van der Waals surface area contributed by atoms with Crippen LogP contribution in [0.3, 0.4) is 0 Å². The van der Waals surface area contributed by atoms with Crippen LogP contribution in [0.4, 0.5) is 5.82 Å². The molecule has 2 heterocycles. The Bertz CT molecular complexity index is 1270. The number of carbonyl (C=O) groups excluding carboxylic acids is 1. The van der Waals surface area contributed by atoms with Crippen molar-refractivity contribution in [1.29, 1.82) is 5.26 Å². The van der Waals surface area contributed by atoms with Gasteiger partial charge in [0.2, 0.25) is 5.88 Å². The molecule has 0 bridgehead atoms. The maximum atomic E-state index is 12.1. The van der Waals surface area contributed by atoms with E-state index >= 15 is 0 Å². The SMILES string of the molecule is C=C(C#N)C(=O)N1CC2(CC(Oc3ncnc(N)c3-c3ccc(Oc4ccccc4)cc3)C2)C1. The van der Waals surface area contributed by atoms with Crippen molar-refractivity contribution in [3.05, 3.63) is 73.1 Å². The molecule has 0 unspecified atom stereocenters. The summed E-state index contributed by atoms with van der Waals surface area (Å²) >= 11 is 0. The summed E-state index contributed by atoms with van der Waals surface area (Å²) in [7, 11) is 0. The van der Waals surface area contributed by atoms with Crippen molar-refractivity contribution in [3.63, 3.8) is 0 Å². The Morgan fingerprint density at radius 1 is 1.09 bits per heavy atom. The minimum atomic E-state index is -0.289. The number of hydrogen-bond acceptors (Lipinski definition) is 7. The van der Waals surface area contributed by atoms with Gasteiger partial charge < -0.3 is 20.1 Å². The van der Waals surface area contributed by atoms with Gasteiger partial charge in [-0.1, -0.05) is 36.9 Å². The molecule has 0 atom stereocenters. The Morgan fingerprint density at radius 2 is 1.76 bits per heavy atom. The molecule has 5 rings (SSSR count). The van der Waals surface area contributed by atoms with Crippen LogP contribution in [0, 0.1) is 16.7 Å². The lowest BCUT2D eigenvalue weighted by atomic mass is 9.61. The lowest BCUT2D eigenvalue weighted by Gasteiger charge is -2.58. The number of amides is 1. The van der Waals surface area contributed by atoms with Crippen LogP contribution >= 0.6 is 0 Å². The second-order valence-corrected chi connectivity index (χ2v) is 8.78. The second kappa shape index (κ2) is 8.52. The molecular weight excluding hydrogens is 430 g/mol. The molecule has 8 nitrogen and oxygen atoms in total. The predicted octanol–water partition coefficient (Wildman–Crippen LogP) is 3.97. The number of benzene rings is 2. The smallest absolute Gasteiger partial charge is 0.263 e. The van der Waals surface area contributed by atoms with Crippen molar-refractivity contribution < 1.29 is 14.3 Å². The van der Waals surface area contributed by atoms with E-state index in [1.165, 1.54) is 6.33 Å². The maximum Gasteiger partial charge on any atom is 0.263 e. The lowest BCUT2D eigenvalue weighted by Crippen LogP contribution is -2.66. The van der Waals surface area contributed by atoms with E-state index in [4.69, 9.17) is 20.5 Å². The monoisotopic (exact) mass is 453 g/mol. The van der Waals surface area contributed by atoms with Gasteiger partial charge in [-0.3, -0.25) is 4.79 Å². The minimum absolute atomic E-state index is 0.0230. The number of hydrogen-bond donors (Lipinski definition) is 1. The van der Waals surface area contributed by atoms with Crippen molar-refractivity contribution in [2.45, 2.75) is 18.9 Å². The van der Waals surface area contributed by atoms with Gasteiger partial charge in [-0.25, -0.2) is 9.97 Å². The minimum Gasteiger partial charge on any atom is -0.474 e. The highest BCUT2D eigenvalue weighted by Crippen LogP contribution is 2.50. The summed E-state index contributed by atoms with van der Waals surface area (Å²) in [5.74, 6) is 1.95. The number of rotatable bonds is 6. The Labute approximate surface area is 197 Å². The molecule has 2 N–H and O–H groups in total. The van der Waals surface area contributed by atoms with Gasteiger partial charge >= 0.3 is 0 Å². The first kappa shape index (κ1) is 21.5. The summed E-state index contributed by atoms with van der Waals surface area (Å²) in [6, 6.07) is 18.9. The molecule has 1 saturated heterocycles. The third kappa shape index (κ3) is 4.04. The zero-order valence-corrected chi connectivity index (χ0v) is 18.5. The van der Waals surface area contributed by atoms with Gasteiger partial charge in [0.25, 0.3) is 5.91 Å². The van der Waals surface area contributed by atoms with Gasteiger partial charge in [0, 0.05) is 18.5 Å². The van der Waals surface area contributed by atoms with E-state index in [1.807, 2.05) is 60.7 Å². The van der Waals surface area contributed by atoms with Crippen molar-refractivity contribution in [1.82, 2.24) is 14.9 Å². The van der Waals surface area contributed by atoms with Crippen molar-refractivity contribution in [3.8, 4) is 34.6 Å². The molecular formula is C26H23N5O3. The molecule has 34 heavy (non-hydrogen) atoms. The Kier molecular flexibility index (Phi) is 5.38. The van der Waals surface area contributed by atoms with Gasteiger partial charge in [0.15, 0.2) is 0 Å². The zero-order valence-electron chi connectivity index (χ0n) is 18.5. The number of anilines is 1. The number of nitrogens with two attached hydrogens (primary N) is 1. The zero-order chi connectivity index (χ0) is 23.7. The summed E-state index contributed by atoms with van der Waals surface area (Å²) in [4.78, 5) is 22.2. The number of nitriles is 1. The third-order valence-corrected chi connectivity index (χ3v) is 6.30. The maximum absolute atomic E-state index is 12.1. The highest BCUT2D eigenvalue weighted by molar-refractivity contribution is 5.97. The van der Waals surface area contributed by atoms with E-state index in [0.29, 0.717) is 36.1 Å². The van der Waals surface area contributed by atoms with Crippen LogP contribution < -0.4 is 15.2 Å². The van der Waals surface area contributed by atoms with Crippen molar-refractivity contribution >= 4 is 11.7 Å². The van der Waals surface area contributed by atoms with Crippen molar-refractivity contribution in [2.75, 3.05) is 18.8 Å². The molecule has 1 aliphatic heterocycles. The topological polar surface area (TPSA) is 114 Å². The number of para-hydroxylation sites is 1. The molecule has 2 aromatic carbocycles. The molecule has 2 fully saturated rings. The van der Waals surface area contributed by atoms with Crippen LogP contribution in [0.15, 0.2) is 73.1 Å². The van der Waals surface area contributed by atoms with Crippen LogP contribution in [-0.2, 0) is 4.79 Å². The number of nitrogen functional groups attached to an aromatic ring is 1. The number of aromatic nitrogens is 2. The van der Waals surface area contributed by atoms with Crippen LogP contribution in [-0.4, -0.2) is 40.0 Å². The Morgan fingerprint density at radius 3 is 2.44 bits per heavy atom. The lowest BCUT2D eigenvalue weighted by molar-refractivity contribution is -0.156. The first-order valence-electron chi connectivity index (χ1n) is 11.0. The summed E-state index contributed by atoms with van der Waals surface area (Å²) in [6.07, 6.45) is 2.99. The number of ether oxygens (including phenoxy) is 2. The number of likely N-dealkylation sites (tertiary alicyclic amines) is 1. The Hall–Kier alpha value is -4.38. The van der Waals surface area contributed by atoms with E-state index < -0.39 is 0 Å². The highest BCUT2D eigenvalue weighted by atomic mass is 16.5. The van der Waals surface area contributed by atoms with Crippen LogP contribution in [0.1, 0.15) is 12.8 Å². The average Bonchev–Trinajstić information content (AvgIpc) is 2.80. The van der Waals surface area contributed by atoms with E-state index in [1.54, 1.807) is 4.90 Å². The van der Waals surface area contributed by atoms with E-state index in [9.17, 15) is 4.79 Å². The third-order valence-electron chi connectivity index (χ3n) is 6.30. The van der Waals surface area contributed by atoms with Crippen LogP contribution in [0.5, 0.6) is 17.4 Å². The fraction of sp³-hybridized carbons (Fsp3) is 0.231. The van der Waals surface area contributed by atoms with E-state index in [2.05, 4.69) is 16.5 Å². The van der Waals surface area contributed by atoms with Gasteiger partial charge in [-0.15, -0.1) is 0 Å². The second-order valence-electron chi connectivity index (χ2n) is 8.78. The standard InChI is InChI=1S/C26H23N5O3/c1-17(13-27)25(32)31-14-26(15-31)11-21(12-26)34-24-22(23(28)29-16-30-24)18-7-9-20(10-8-18)33-19-5-3-2-4-6-19/h2-10,16,21H,1,11-12,14-15H2,(H2,28,29,30). The number of carbonyl (C=O) groups is 1. The fourth-order valence-corrected chi connectivity index (χ4v) is 4.61. The van der Waals surface area contributed by atoms with Crippen molar-refractivity contribution in [2.24, 2.45) is 5.41 Å². The molecule has 0 radical (unpaired) electrons. The molecule has 1 aromatic heterocycles.